The van der Waals surface area contributed by atoms with E-state index in [-0.39, 0.29) is 37.1 Å². The molecule has 0 bridgehead atoms. The van der Waals surface area contributed by atoms with E-state index >= 15 is 0 Å². The summed E-state index contributed by atoms with van der Waals surface area (Å²) in [6.45, 7) is 6.74. The standard InChI is InChI=1S/C35H37ClN4O5/c1-35(2,3)45-34(43)39-19-9-10-22(20-39)40-30(38-29-16-8-15-28(36)31(29)32(40)41)17-18-37-33(42)44-21-27-25-13-6-4-11-23(25)24-12-5-7-14-26(24)27/h4-8,11-16,22,27H,9-10,17-21H2,1-3H3,(H,37,42). The summed E-state index contributed by atoms with van der Waals surface area (Å²) >= 11 is 6.46. The molecule has 1 aliphatic heterocycles. The summed E-state index contributed by atoms with van der Waals surface area (Å²) in [4.78, 5) is 46.1. The minimum Gasteiger partial charge on any atom is -0.449 e. The molecule has 0 saturated carbocycles. The molecule has 2 amide bonds. The zero-order valence-corrected chi connectivity index (χ0v) is 26.5. The van der Waals surface area contributed by atoms with E-state index in [0.29, 0.717) is 47.7 Å². The number of benzene rings is 3. The maximum absolute atomic E-state index is 13.9. The Labute approximate surface area is 267 Å². The highest BCUT2D eigenvalue weighted by atomic mass is 35.5. The summed E-state index contributed by atoms with van der Waals surface area (Å²) in [6.07, 6.45) is 0.719. The molecule has 1 saturated heterocycles. The Kier molecular flexibility index (Phi) is 8.55. The first-order valence-corrected chi connectivity index (χ1v) is 15.7. The monoisotopic (exact) mass is 628 g/mol. The molecule has 3 aromatic carbocycles. The quantitative estimate of drug-likeness (QED) is 0.255. The minimum atomic E-state index is -0.630. The predicted octanol–water partition coefficient (Wildman–Crippen LogP) is 6.70. The van der Waals surface area contributed by atoms with Crippen LogP contribution in [0, 0.1) is 0 Å². The van der Waals surface area contributed by atoms with Crippen LogP contribution in [0.25, 0.3) is 22.0 Å². The van der Waals surface area contributed by atoms with Gasteiger partial charge in [0, 0.05) is 32.0 Å². The summed E-state index contributed by atoms with van der Waals surface area (Å²) in [5.74, 6) is 0.462. The van der Waals surface area contributed by atoms with Gasteiger partial charge in [0.1, 0.15) is 18.0 Å². The second-order valence-corrected chi connectivity index (χ2v) is 13.0. The minimum absolute atomic E-state index is 0.0422. The third kappa shape index (κ3) is 6.40. The van der Waals surface area contributed by atoms with Crippen molar-refractivity contribution in [3.8, 4) is 11.1 Å². The van der Waals surface area contributed by atoms with Crippen molar-refractivity contribution in [1.82, 2.24) is 19.8 Å². The number of nitrogens with one attached hydrogen (secondary N) is 1. The maximum Gasteiger partial charge on any atom is 0.410 e. The molecule has 45 heavy (non-hydrogen) atoms. The van der Waals surface area contributed by atoms with Crippen LogP contribution in [-0.4, -0.2) is 58.5 Å². The Morgan fingerprint density at radius 3 is 2.38 bits per heavy atom. The second kappa shape index (κ2) is 12.6. The van der Waals surface area contributed by atoms with E-state index in [1.54, 1.807) is 27.7 Å². The van der Waals surface area contributed by atoms with Crippen LogP contribution in [0.15, 0.2) is 71.5 Å². The molecule has 9 nitrogen and oxygen atoms in total. The van der Waals surface area contributed by atoms with E-state index in [2.05, 4.69) is 29.6 Å². The van der Waals surface area contributed by atoms with Gasteiger partial charge >= 0.3 is 12.2 Å². The van der Waals surface area contributed by atoms with Crippen LogP contribution in [0.3, 0.4) is 0 Å². The third-order valence-electron chi connectivity index (χ3n) is 8.33. The molecule has 2 heterocycles. The van der Waals surface area contributed by atoms with Crippen LogP contribution in [0.4, 0.5) is 9.59 Å². The Balaban J connectivity index is 1.17. The number of carbonyl (C=O) groups is 2. The number of ether oxygens (including phenoxy) is 2. The first-order valence-electron chi connectivity index (χ1n) is 15.4. The average Bonchev–Trinajstić information content (AvgIpc) is 3.33. The Morgan fingerprint density at radius 1 is 1.00 bits per heavy atom. The van der Waals surface area contributed by atoms with Crippen LogP contribution in [-0.2, 0) is 15.9 Å². The van der Waals surface area contributed by atoms with Gasteiger partial charge in [-0.2, -0.15) is 0 Å². The first kappa shape index (κ1) is 30.6. The number of hydrogen-bond acceptors (Lipinski definition) is 6. The molecule has 0 spiro atoms. The van der Waals surface area contributed by atoms with Crippen molar-refractivity contribution >= 4 is 34.7 Å². The zero-order chi connectivity index (χ0) is 31.7. The number of aromatic nitrogens is 2. The van der Waals surface area contributed by atoms with Crippen LogP contribution in [0.1, 0.15) is 62.5 Å². The Morgan fingerprint density at radius 2 is 1.69 bits per heavy atom. The lowest BCUT2D eigenvalue weighted by Crippen LogP contribution is -2.46. The number of fused-ring (bicyclic) bond motifs is 4. The van der Waals surface area contributed by atoms with Crippen molar-refractivity contribution in [2.24, 2.45) is 0 Å². The molecule has 10 heteroatoms. The van der Waals surface area contributed by atoms with E-state index in [1.807, 2.05) is 45.0 Å². The molecule has 1 unspecified atom stereocenters. The van der Waals surface area contributed by atoms with Crippen molar-refractivity contribution in [3.05, 3.63) is 99.1 Å². The molecule has 1 aliphatic carbocycles. The normalized spacial score (nSPS) is 16.3. The van der Waals surface area contributed by atoms with Crippen molar-refractivity contribution in [2.75, 3.05) is 26.2 Å². The van der Waals surface area contributed by atoms with Crippen LogP contribution in [0.2, 0.25) is 5.02 Å². The average molecular weight is 629 g/mol. The van der Waals surface area contributed by atoms with Gasteiger partial charge in [-0.15, -0.1) is 0 Å². The highest BCUT2D eigenvalue weighted by molar-refractivity contribution is 6.35. The van der Waals surface area contributed by atoms with E-state index in [4.69, 9.17) is 26.1 Å². The van der Waals surface area contributed by atoms with Gasteiger partial charge < -0.3 is 19.7 Å². The zero-order valence-electron chi connectivity index (χ0n) is 25.7. The van der Waals surface area contributed by atoms with E-state index in [9.17, 15) is 14.4 Å². The SMILES string of the molecule is CC(C)(C)OC(=O)N1CCCC(n2c(CCNC(=O)OCC3c4ccccc4-c4ccccc43)nc3cccc(Cl)c3c2=O)C1. The number of rotatable bonds is 6. The number of alkyl carbamates (subject to hydrolysis) is 1. The molecule has 1 atom stereocenters. The van der Waals surface area contributed by atoms with Crippen molar-refractivity contribution in [2.45, 2.75) is 57.6 Å². The number of hydrogen-bond donors (Lipinski definition) is 1. The topological polar surface area (TPSA) is 103 Å². The summed E-state index contributed by atoms with van der Waals surface area (Å²) in [7, 11) is 0. The Bertz CT molecular complexity index is 1770. The van der Waals surface area contributed by atoms with Crippen LogP contribution in [0.5, 0.6) is 0 Å². The maximum atomic E-state index is 13.9. The molecule has 1 N–H and O–H groups in total. The van der Waals surface area contributed by atoms with Gasteiger partial charge in [0.2, 0.25) is 0 Å². The van der Waals surface area contributed by atoms with Gasteiger partial charge in [-0.25, -0.2) is 14.6 Å². The molecule has 1 fully saturated rings. The number of likely N-dealkylation sites (tertiary alicyclic amines) is 1. The van der Waals surface area contributed by atoms with Crippen molar-refractivity contribution in [3.63, 3.8) is 0 Å². The van der Waals surface area contributed by atoms with E-state index in [0.717, 1.165) is 22.3 Å². The van der Waals surface area contributed by atoms with Gasteiger partial charge in [0.05, 0.1) is 22.0 Å². The molecule has 4 aromatic rings. The van der Waals surface area contributed by atoms with Gasteiger partial charge in [0.25, 0.3) is 5.56 Å². The van der Waals surface area contributed by atoms with Gasteiger partial charge in [-0.3, -0.25) is 9.36 Å². The lowest BCUT2D eigenvalue weighted by atomic mass is 9.98. The molecule has 6 rings (SSSR count). The number of carbonyl (C=O) groups excluding carboxylic acids is 2. The third-order valence-corrected chi connectivity index (χ3v) is 8.64. The highest BCUT2D eigenvalue weighted by Gasteiger charge is 2.31. The number of amides is 2. The fourth-order valence-electron chi connectivity index (χ4n) is 6.38. The Hall–Kier alpha value is -4.37. The smallest absolute Gasteiger partial charge is 0.410 e. The summed E-state index contributed by atoms with van der Waals surface area (Å²) in [5.41, 5.74) is 4.20. The molecule has 2 aliphatic rings. The summed E-state index contributed by atoms with van der Waals surface area (Å²) < 4.78 is 12.9. The molecule has 1 aromatic heterocycles. The lowest BCUT2D eigenvalue weighted by Gasteiger charge is -2.35. The molecular formula is C35H37ClN4O5. The highest BCUT2D eigenvalue weighted by Crippen LogP contribution is 2.44. The van der Waals surface area contributed by atoms with Crippen LogP contribution < -0.4 is 10.9 Å². The van der Waals surface area contributed by atoms with Gasteiger partial charge in [0.15, 0.2) is 0 Å². The van der Waals surface area contributed by atoms with Gasteiger partial charge in [-0.1, -0.05) is 66.2 Å². The number of nitrogens with zero attached hydrogens (tertiary/aromatic N) is 3. The number of halogens is 1. The van der Waals surface area contributed by atoms with Crippen molar-refractivity contribution in [1.29, 1.82) is 0 Å². The van der Waals surface area contributed by atoms with E-state index < -0.39 is 17.8 Å². The fourth-order valence-corrected chi connectivity index (χ4v) is 6.64. The summed E-state index contributed by atoms with van der Waals surface area (Å²) in [6, 6.07) is 21.2. The fraction of sp³-hybridized carbons (Fsp3) is 0.371. The van der Waals surface area contributed by atoms with Gasteiger partial charge in [-0.05, 0) is 68.0 Å². The molecule has 234 valence electrons. The second-order valence-electron chi connectivity index (χ2n) is 12.6. The van der Waals surface area contributed by atoms with E-state index in [1.165, 1.54) is 0 Å². The largest absolute Gasteiger partial charge is 0.449 e. The molecule has 0 radical (unpaired) electrons. The lowest BCUT2D eigenvalue weighted by molar-refractivity contribution is 0.0169. The first-order chi connectivity index (χ1) is 21.6. The summed E-state index contributed by atoms with van der Waals surface area (Å²) in [5, 5.41) is 3.49. The van der Waals surface area contributed by atoms with Crippen LogP contribution >= 0.6 is 11.6 Å². The van der Waals surface area contributed by atoms with Crippen molar-refractivity contribution < 1.29 is 19.1 Å². The predicted molar refractivity (Wildman–Crippen MR) is 174 cm³/mol. The number of piperidine rings is 1. The molecular weight excluding hydrogens is 592 g/mol.